The first-order valence-electron chi connectivity index (χ1n) is 40.8. The van der Waals surface area contributed by atoms with Crippen molar-refractivity contribution < 1.29 is 72.7 Å². The average Bonchev–Trinajstić information content (AvgIpc) is 1.58. The summed E-state index contributed by atoms with van der Waals surface area (Å²) >= 11 is 19.2. The zero-order valence-electron chi connectivity index (χ0n) is 69.3. The van der Waals surface area contributed by atoms with E-state index in [4.69, 9.17) is 66.2 Å². The zero-order valence-corrected chi connectivity index (χ0v) is 71.5. The van der Waals surface area contributed by atoms with Gasteiger partial charge in [0.05, 0.1) is 71.6 Å². The molecule has 7 aliphatic rings. The van der Waals surface area contributed by atoms with Crippen LogP contribution in [0, 0.1) is 20.8 Å². The Labute approximate surface area is 737 Å². The van der Waals surface area contributed by atoms with Crippen LogP contribution in [0.1, 0.15) is 159 Å². The number of fused-ring (bicyclic) bond motifs is 13. The van der Waals surface area contributed by atoms with Crippen LogP contribution in [0.4, 0.5) is 39.8 Å². The molecule has 0 bridgehead atoms. The number of nitrogens with zero attached hydrogens (tertiary/aromatic N) is 3. The number of Topliss-reactive ketones (excluding diaryl/α,β-unsaturated/α-hetero) is 2. The number of nitrogens with one attached hydrogen (secondary N) is 4. The lowest BCUT2D eigenvalue weighted by atomic mass is 9.95. The number of hydrogen-bond acceptors (Lipinski definition) is 18. The van der Waals surface area contributed by atoms with Crippen molar-refractivity contribution in [1.29, 1.82) is 0 Å². The number of amides is 4. The van der Waals surface area contributed by atoms with E-state index >= 15 is 0 Å². The Morgan fingerprint density at radius 2 is 0.794 bits per heavy atom. The number of anilines is 7. The molecule has 4 aliphatic carbocycles. The number of H-pyrrole nitrogens is 3. The largest absolute Gasteiger partial charge is 0.506 e. The number of alkyl halides is 3. The van der Waals surface area contributed by atoms with E-state index in [1.807, 2.05) is 78.9 Å². The second-order valence-electron chi connectivity index (χ2n) is 32.6. The van der Waals surface area contributed by atoms with Gasteiger partial charge in [-0.05, 0) is 184 Å². The van der Waals surface area contributed by atoms with Gasteiger partial charge in [-0.1, -0.05) is 54.6 Å². The molecule has 126 heavy (non-hydrogen) atoms. The molecule has 12 aromatic rings. The fourth-order valence-corrected chi connectivity index (χ4v) is 19.4. The Kier molecular flexibility index (Phi) is 22.4. The lowest BCUT2D eigenvalue weighted by Crippen LogP contribution is -2.31. The summed E-state index contributed by atoms with van der Waals surface area (Å²) in [6.07, 6.45) is 9.79. The number of phenols is 3. The summed E-state index contributed by atoms with van der Waals surface area (Å²) in [6.45, 7) is 6.14. The van der Waals surface area contributed by atoms with Crippen LogP contribution < -0.4 is 37.2 Å². The third kappa shape index (κ3) is 15.0. The van der Waals surface area contributed by atoms with Crippen LogP contribution in [0.5, 0.6) is 17.2 Å². The van der Waals surface area contributed by atoms with E-state index in [9.17, 15) is 58.5 Å². The Morgan fingerprint density at radius 3 is 1.18 bits per heavy atom. The molecule has 13 N–H and O–H groups in total. The fourth-order valence-electron chi connectivity index (χ4n) is 18.6. The molecule has 25 nitrogen and oxygen atoms in total. The van der Waals surface area contributed by atoms with Gasteiger partial charge in [-0.15, -0.1) is 34.8 Å². The van der Waals surface area contributed by atoms with Crippen molar-refractivity contribution in [1.82, 2.24) is 15.0 Å². The third-order valence-corrected chi connectivity index (χ3v) is 25.9. The first-order chi connectivity index (χ1) is 60.6. The molecule has 4 amide bonds. The van der Waals surface area contributed by atoms with Crippen molar-refractivity contribution in [3.8, 4) is 17.2 Å². The van der Waals surface area contributed by atoms with Crippen molar-refractivity contribution in [3.63, 3.8) is 0 Å². The average molecular weight is 1750 g/mol. The molecule has 638 valence electrons. The number of carbonyl (C=O) groups excluding carboxylic acids is 9. The highest BCUT2D eigenvalue weighted by Gasteiger charge is 2.43. The van der Waals surface area contributed by atoms with Crippen LogP contribution >= 0.6 is 34.8 Å². The summed E-state index contributed by atoms with van der Waals surface area (Å²) in [7, 11) is 3.92. The lowest BCUT2D eigenvalue weighted by Gasteiger charge is -2.19. The van der Waals surface area contributed by atoms with Crippen LogP contribution in [0.3, 0.4) is 0 Å². The van der Waals surface area contributed by atoms with Gasteiger partial charge in [-0.3, -0.25) is 28.8 Å². The topological polar surface area (TPSA) is 389 Å². The summed E-state index contributed by atoms with van der Waals surface area (Å²) in [6, 6.07) is 41.2. The molecule has 9 aromatic carbocycles. The number of ether oxygens (including phenoxy) is 3. The fraction of sp³-hybridized carbons (Fsp3) is 0.214. The second-order valence-corrected chi connectivity index (χ2v) is 33.5. The predicted octanol–water partition coefficient (Wildman–Crippen LogP) is 16.0. The van der Waals surface area contributed by atoms with E-state index in [-0.39, 0.29) is 101 Å². The van der Waals surface area contributed by atoms with Crippen LogP contribution in [-0.4, -0.2) is 142 Å². The molecule has 0 saturated carbocycles. The SMILES string of the molecule is COC(=O)c1c(C)[nH]c2c(O)cc3c(c12)C(CCl)CN3C(=O)C1=Cc2cc(C(=O)Nc3ccc(N)cc3)ccc2C1.COC(=O)c1c(C)[nH]c2c(O)cc3c(c12)C(CCl)CN3C(=O)C1=Cc2cc(CC(=O)C3=Cc4cccc(N)c4C3)ccc2C1.COC(=O)c1c(C)[nH]c2c(O)cc3c(c12)C(CCl)CN3C(=O)C1=Cc2cc(CC(=O)c3ccc(N)cc3)ccc2C1. The van der Waals surface area contributed by atoms with Gasteiger partial charge in [0.1, 0.15) is 17.2 Å². The number of halogens is 3. The van der Waals surface area contributed by atoms with Gasteiger partial charge in [0.15, 0.2) is 11.6 Å². The van der Waals surface area contributed by atoms with E-state index < -0.39 is 17.9 Å². The quantitative estimate of drug-likeness (QED) is 0.0133. The van der Waals surface area contributed by atoms with Crippen molar-refractivity contribution in [2.24, 2.45) is 0 Å². The molecule has 0 saturated heterocycles. The van der Waals surface area contributed by atoms with Crippen molar-refractivity contribution in [3.05, 3.63) is 279 Å². The molecular formula is C98H85Cl3N10O15. The smallest absolute Gasteiger partial charge is 0.340 e. The molecule has 3 unspecified atom stereocenters. The minimum atomic E-state index is -0.537. The summed E-state index contributed by atoms with van der Waals surface area (Å²) in [4.78, 5) is 133. The highest BCUT2D eigenvalue weighted by atomic mass is 35.5. The number of rotatable bonds is 17. The number of nitrogens with two attached hydrogens (primary N) is 3. The molecule has 28 heteroatoms. The monoisotopic (exact) mass is 1750 g/mol. The van der Waals surface area contributed by atoms with E-state index in [2.05, 4.69) is 20.3 Å². The number of aromatic hydroxyl groups is 3. The van der Waals surface area contributed by atoms with E-state index in [1.54, 1.807) is 120 Å². The highest BCUT2D eigenvalue weighted by Crippen LogP contribution is 2.52. The number of aryl methyl sites for hydroxylation is 3. The van der Waals surface area contributed by atoms with Gasteiger partial charge < -0.3 is 81.7 Å². The number of hydrogen-bond donors (Lipinski definition) is 10. The number of aromatic amines is 3. The minimum Gasteiger partial charge on any atom is -0.506 e. The van der Waals surface area contributed by atoms with Crippen LogP contribution in [-0.2, 0) is 71.9 Å². The second kappa shape index (κ2) is 33.5. The van der Waals surface area contributed by atoms with Crippen LogP contribution in [0.2, 0.25) is 0 Å². The van der Waals surface area contributed by atoms with Gasteiger partial charge in [0.25, 0.3) is 23.6 Å². The number of ketones is 2. The van der Waals surface area contributed by atoms with E-state index in [1.165, 1.54) is 21.3 Å². The first kappa shape index (κ1) is 84.1. The van der Waals surface area contributed by atoms with Gasteiger partial charge in [0, 0.05) is 201 Å². The van der Waals surface area contributed by atoms with Gasteiger partial charge in [-0.25, -0.2) is 14.4 Å². The molecule has 19 rings (SSSR count). The highest BCUT2D eigenvalue weighted by molar-refractivity contribution is 6.24. The Balaban J connectivity index is 0.000000133. The van der Waals surface area contributed by atoms with Gasteiger partial charge in [0.2, 0.25) is 0 Å². The first-order valence-corrected chi connectivity index (χ1v) is 42.4. The molecule has 0 spiro atoms. The predicted molar refractivity (Wildman–Crippen MR) is 489 cm³/mol. The Hall–Kier alpha value is -14.1. The normalized spacial score (nSPS) is 15.8. The number of allylic oxidation sites excluding steroid dienone is 1. The number of esters is 3. The molecular weight excluding hydrogens is 1660 g/mol. The number of benzene rings is 9. The summed E-state index contributed by atoms with van der Waals surface area (Å²) in [5, 5.41) is 37.1. The van der Waals surface area contributed by atoms with Gasteiger partial charge >= 0.3 is 17.9 Å². The molecule has 0 radical (unpaired) electrons. The van der Waals surface area contributed by atoms with Crippen molar-refractivity contribution >= 4 is 185 Å². The molecule has 0 fully saturated rings. The van der Waals surface area contributed by atoms with Crippen LogP contribution in [0.15, 0.2) is 162 Å². The van der Waals surface area contributed by atoms with Crippen LogP contribution in [0.25, 0.3) is 57.0 Å². The maximum Gasteiger partial charge on any atom is 0.340 e. The van der Waals surface area contributed by atoms with Gasteiger partial charge in [-0.2, -0.15) is 0 Å². The molecule has 3 atom stereocenters. The number of methoxy groups -OCH3 is 3. The summed E-state index contributed by atoms with van der Waals surface area (Å²) < 4.78 is 15.1. The molecule has 6 heterocycles. The summed E-state index contributed by atoms with van der Waals surface area (Å²) in [5.41, 5.74) is 40.6. The van der Waals surface area contributed by atoms with Crippen molar-refractivity contribution in [2.75, 3.05) is 95.8 Å². The Bertz CT molecular complexity index is 6870. The molecule has 3 aromatic heterocycles. The Morgan fingerprint density at radius 1 is 0.429 bits per heavy atom. The maximum atomic E-state index is 14.0. The van der Waals surface area contributed by atoms with E-state index in [0.717, 1.165) is 77.9 Å². The number of aromatic nitrogens is 3. The standard InChI is InChI=1S/C35H30ClN3O5.C32H28ClN3O5.C31H27ClN4O5/c1-17-30(35(43)44-2)32-31-24(15-36)16-39(27(31)14-29(41)33(32)38-17)34(42)23-10-19-7-6-18(8-21(19)12-23)9-28(40)22-11-20-4-3-5-26(37)25(20)13-22;1-16-27(32(40)41-2)29-28-22(14-33)15-36(24(28)13-26(38)30(29)35-16)31(39)21-11-19-4-3-17(9-20(19)12-21)10-25(37)18-5-7-23(34)8-6-18;1-15-25(31(40)41-2)27-26-20(13-32)14-36(23(26)12-24(37)28(27)34-15)30(39)19-9-16-3-4-17(10-18(16)11-19)29(38)35-22-7-5-21(33)6-8-22/h3-8,11-12,14,24,38,41H,9-10,13,15-16,37H2,1-2H3;3-9,12-13,22,35,38H,10-11,14-15,34H2,1-2H3;3-8,10-12,20,34,37H,9,13-14,33H2,1-2H3,(H,35,38). The van der Waals surface area contributed by atoms with E-state index in [0.29, 0.717) is 179 Å². The zero-order chi connectivity index (χ0) is 88.9. The maximum absolute atomic E-state index is 14.0. The summed E-state index contributed by atoms with van der Waals surface area (Å²) in [5.74, 6) is -2.72. The number of phenolic OH excluding ortho intramolecular Hbond substituents is 3. The molecule has 3 aliphatic heterocycles. The minimum absolute atomic E-state index is 0.0125. The number of carbonyl (C=O) groups is 9. The van der Waals surface area contributed by atoms with Crippen molar-refractivity contribution in [2.45, 2.75) is 77.0 Å². The lowest BCUT2D eigenvalue weighted by molar-refractivity contribution is -0.115. The third-order valence-electron chi connectivity index (χ3n) is 24.8. The number of nitrogen functional groups attached to an aromatic ring is 3.